The molecule has 84 valence electrons. The number of likely N-dealkylation sites (N-methyl/N-ethyl adjacent to an activating group) is 1. The number of hydrogen-bond donors (Lipinski definition) is 2. The van der Waals surface area contributed by atoms with E-state index in [-0.39, 0.29) is 0 Å². The average molecular weight is 208 g/mol. The fourth-order valence-corrected chi connectivity index (χ4v) is 2.29. The monoisotopic (exact) mass is 208 g/mol. The Kier molecular flexibility index (Phi) is 3.75. The molecule has 1 aromatic heterocycles. The third-order valence-electron chi connectivity index (χ3n) is 3.13. The summed E-state index contributed by atoms with van der Waals surface area (Å²) >= 11 is 0. The van der Waals surface area contributed by atoms with Crippen LogP contribution in [0.25, 0.3) is 0 Å². The highest BCUT2D eigenvalue weighted by atomic mass is 15.2. The van der Waals surface area contributed by atoms with Gasteiger partial charge in [-0.05, 0) is 25.9 Å². The van der Waals surface area contributed by atoms with Gasteiger partial charge in [0.15, 0.2) is 0 Å². The van der Waals surface area contributed by atoms with Crippen LogP contribution in [0.15, 0.2) is 12.4 Å². The van der Waals surface area contributed by atoms with Crippen LogP contribution in [0, 0.1) is 0 Å². The van der Waals surface area contributed by atoms with Gasteiger partial charge in [-0.2, -0.15) is 0 Å². The van der Waals surface area contributed by atoms with Gasteiger partial charge >= 0.3 is 0 Å². The third kappa shape index (κ3) is 2.79. The largest absolute Gasteiger partial charge is 0.348 e. The molecule has 1 unspecified atom stereocenters. The van der Waals surface area contributed by atoms with E-state index in [0.29, 0.717) is 0 Å². The van der Waals surface area contributed by atoms with Crippen molar-refractivity contribution in [1.29, 1.82) is 0 Å². The quantitative estimate of drug-likeness (QED) is 0.758. The molecule has 1 aromatic rings. The lowest BCUT2D eigenvalue weighted by atomic mass is 10.2. The first-order chi connectivity index (χ1) is 7.40. The van der Waals surface area contributed by atoms with Gasteiger partial charge in [0, 0.05) is 25.0 Å². The molecule has 2 rings (SSSR count). The molecule has 2 N–H and O–H groups in total. The standard InChI is InChI=1S/C11H20N4/c1-2-15-7-3-4-10(15)8-12-9-11-13-5-6-14-11/h5-6,10,12H,2-4,7-9H2,1H3,(H,13,14). The molecule has 2 heterocycles. The molecule has 0 saturated carbocycles. The highest BCUT2D eigenvalue weighted by Crippen LogP contribution is 2.15. The maximum atomic E-state index is 4.19. The SMILES string of the molecule is CCN1CCCC1CNCc1ncc[nH]1. The van der Waals surface area contributed by atoms with E-state index >= 15 is 0 Å². The summed E-state index contributed by atoms with van der Waals surface area (Å²) in [5.41, 5.74) is 0. The molecule has 0 aromatic carbocycles. The van der Waals surface area contributed by atoms with Gasteiger partial charge in [-0.25, -0.2) is 4.98 Å². The lowest BCUT2D eigenvalue weighted by Crippen LogP contribution is -2.37. The van der Waals surface area contributed by atoms with Crippen molar-refractivity contribution in [2.24, 2.45) is 0 Å². The van der Waals surface area contributed by atoms with Gasteiger partial charge in [0.05, 0.1) is 6.54 Å². The molecule has 1 aliphatic heterocycles. The van der Waals surface area contributed by atoms with Gasteiger partial charge in [0.1, 0.15) is 5.82 Å². The Balaban J connectivity index is 1.69. The Morgan fingerprint density at radius 2 is 2.60 bits per heavy atom. The molecule has 1 aliphatic rings. The maximum absolute atomic E-state index is 4.19. The molecule has 1 fully saturated rings. The van der Waals surface area contributed by atoms with Gasteiger partial charge < -0.3 is 10.3 Å². The predicted molar refractivity (Wildman–Crippen MR) is 60.6 cm³/mol. The molecule has 4 heteroatoms. The number of rotatable bonds is 5. The van der Waals surface area contributed by atoms with Gasteiger partial charge in [-0.3, -0.25) is 4.90 Å². The van der Waals surface area contributed by atoms with Gasteiger partial charge in [0.25, 0.3) is 0 Å². The zero-order valence-corrected chi connectivity index (χ0v) is 9.37. The van der Waals surface area contributed by atoms with E-state index in [0.717, 1.165) is 25.0 Å². The second-order valence-electron chi connectivity index (χ2n) is 4.09. The summed E-state index contributed by atoms with van der Waals surface area (Å²) in [4.78, 5) is 9.84. The summed E-state index contributed by atoms with van der Waals surface area (Å²) in [6.45, 7) is 6.61. The first-order valence-corrected chi connectivity index (χ1v) is 5.83. The minimum absolute atomic E-state index is 0.727. The number of hydrogen-bond acceptors (Lipinski definition) is 3. The normalized spacial score (nSPS) is 22.3. The number of H-pyrrole nitrogens is 1. The van der Waals surface area contributed by atoms with Gasteiger partial charge in [-0.1, -0.05) is 6.92 Å². The number of likely N-dealkylation sites (tertiary alicyclic amines) is 1. The summed E-state index contributed by atoms with van der Waals surface area (Å²) in [5, 5.41) is 3.46. The molecule has 1 atom stereocenters. The van der Waals surface area contributed by atoms with Crippen LogP contribution >= 0.6 is 0 Å². The molecule has 15 heavy (non-hydrogen) atoms. The van der Waals surface area contributed by atoms with E-state index in [2.05, 4.69) is 27.1 Å². The first kappa shape index (κ1) is 10.6. The van der Waals surface area contributed by atoms with Crippen molar-refractivity contribution < 1.29 is 0 Å². The summed E-state index contributed by atoms with van der Waals surface area (Å²) in [6, 6.07) is 0.727. The number of nitrogens with one attached hydrogen (secondary N) is 2. The van der Waals surface area contributed by atoms with Crippen LogP contribution in [0.3, 0.4) is 0 Å². The number of imidazole rings is 1. The lowest BCUT2D eigenvalue weighted by molar-refractivity contribution is 0.259. The Morgan fingerprint density at radius 3 is 3.33 bits per heavy atom. The van der Waals surface area contributed by atoms with Crippen molar-refractivity contribution in [3.63, 3.8) is 0 Å². The van der Waals surface area contributed by atoms with Crippen molar-refractivity contribution in [1.82, 2.24) is 20.2 Å². The zero-order valence-electron chi connectivity index (χ0n) is 9.37. The van der Waals surface area contributed by atoms with Crippen molar-refractivity contribution in [2.75, 3.05) is 19.6 Å². The topological polar surface area (TPSA) is 44.0 Å². The highest BCUT2D eigenvalue weighted by Gasteiger charge is 2.21. The van der Waals surface area contributed by atoms with Crippen LogP contribution in [0.1, 0.15) is 25.6 Å². The summed E-state index contributed by atoms with van der Waals surface area (Å²) in [7, 11) is 0. The molecular formula is C11H20N4. The number of aromatic nitrogens is 2. The minimum atomic E-state index is 0.727. The molecule has 0 amide bonds. The van der Waals surface area contributed by atoms with Crippen LogP contribution in [0.4, 0.5) is 0 Å². The smallest absolute Gasteiger partial charge is 0.120 e. The summed E-state index contributed by atoms with van der Waals surface area (Å²) < 4.78 is 0. The maximum Gasteiger partial charge on any atom is 0.120 e. The van der Waals surface area contributed by atoms with E-state index in [4.69, 9.17) is 0 Å². The second-order valence-corrected chi connectivity index (χ2v) is 4.09. The molecule has 0 spiro atoms. The van der Waals surface area contributed by atoms with E-state index in [1.54, 1.807) is 6.20 Å². The van der Waals surface area contributed by atoms with E-state index in [9.17, 15) is 0 Å². The minimum Gasteiger partial charge on any atom is -0.348 e. The van der Waals surface area contributed by atoms with Crippen LogP contribution in [-0.4, -0.2) is 40.5 Å². The lowest BCUT2D eigenvalue weighted by Gasteiger charge is -2.22. The number of aromatic amines is 1. The van der Waals surface area contributed by atoms with E-state index in [1.165, 1.54) is 25.9 Å². The van der Waals surface area contributed by atoms with Crippen LogP contribution in [0.2, 0.25) is 0 Å². The molecular weight excluding hydrogens is 188 g/mol. The first-order valence-electron chi connectivity index (χ1n) is 5.83. The van der Waals surface area contributed by atoms with Gasteiger partial charge in [-0.15, -0.1) is 0 Å². The van der Waals surface area contributed by atoms with E-state index in [1.807, 2.05) is 6.20 Å². The zero-order chi connectivity index (χ0) is 10.5. The summed E-state index contributed by atoms with van der Waals surface area (Å²) in [5.74, 6) is 1.02. The number of nitrogens with zero attached hydrogens (tertiary/aromatic N) is 2. The van der Waals surface area contributed by atoms with Crippen LogP contribution in [0.5, 0.6) is 0 Å². The second kappa shape index (κ2) is 5.28. The fourth-order valence-electron chi connectivity index (χ4n) is 2.29. The third-order valence-corrected chi connectivity index (χ3v) is 3.13. The Morgan fingerprint density at radius 1 is 1.67 bits per heavy atom. The highest BCUT2D eigenvalue weighted by molar-refractivity contribution is 4.87. The van der Waals surface area contributed by atoms with Crippen molar-refractivity contribution >= 4 is 0 Å². The van der Waals surface area contributed by atoms with Crippen molar-refractivity contribution in [2.45, 2.75) is 32.4 Å². The van der Waals surface area contributed by atoms with Crippen molar-refractivity contribution in [3.8, 4) is 0 Å². The van der Waals surface area contributed by atoms with Gasteiger partial charge in [0.2, 0.25) is 0 Å². The molecule has 0 aliphatic carbocycles. The fraction of sp³-hybridized carbons (Fsp3) is 0.727. The molecule has 4 nitrogen and oxygen atoms in total. The average Bonchev–Trinajstić information content (AvgIpc) is 2.88. The summed E-state index contributed by atoms with van der Waals surface area (Å²) in [6.07, 6.45) is 6.34. The Hall–Kier alpha value is -0.870. The predicted octanol–water partition coefficient (Wildman–Crippen LogP) is 0.984. The van der Waals surface area contributed by atoms with Crippen molar-refractivity contribution in [3.05, 3.63) is 18.2 Å². The molecule has 0 radical (unpaired) electrons. The molecule has 1 saturated heterocycles. The Labute approximate surface area is 91.1 Å². The Bertz CT molecular complexity index is 270. The van der Waals surface area contributed by atoms with E-state index < -0.39 is 0 Å². The molecule has 0 bridgehead atoms. The van der Waals surface area contributed by atoms with Crippen LogP contribution in [-0.2, 0) is 6.54 Å². The van der Waals surface area contributed by atoms with Crippen LogP contribution < -0.4 is 5.32 Å².